The van der Waals surface area contributed by atoms with Crippen LogP contribution < -0.4 is 5.32 Å². The van der Waals surface area contributed by atoms with Gasteiger partial charge < -0.3 is 9.72 Å². The Kier molecular flexibility index (Phi) is 4.89. The lowest BCUT2D eigenvalue weighted by atomic mass is 10.1. The minimum atomic E-state index is -0.0479. The maximum absolute atomic E-state index is 12.6. The van der Waals surface area contributed by atoms with Crippen LogP contribution in [-0.2, 0) is 17.6 Å². The second-order valence-electron chi connectivity index (χ2n) is 6.98. The molecule has 0 aliphatic rings. The first kappa shape index (κ1) is 17.9. The molecule has 5 heteroatoms. The van der Waals surface area contributed by atoms with Crippen LogP contribution in [0.3, 0.4) is 0 Å². The lowest BCUT2D eigenvalue weighted by Gasteiger charge is -2.08. The quantitative estimate of drug-likeness (QED) is 0.575. The number of carbonyl (C=O) groups is 1. The Morgan fingerprint density at radius 2 is 1.71 bits per heavy atom. The van der Waals surface area contributed by atoms with E-state index in [9.17, 15) is 4.79 Å². The minimum Gasteiger partial charge on any atom is -0.326 e. The topological polar surface area (TPSA) is 59.3 Å². The summed E-state index contributed by atoms with van der Waals surface area (Å²) >= 11 is 0. The van der Waals surface area contributed by atoms with Gasteiger partial charge in [0.2, 0.25) is 5.91 Å². The molecule has 0 saturated carbocycles. The molecule has 1 aromatic carbocycles. The summed E-state index contributed by atoms with van der Waals surface area (Å²) in [4.78, 5) is 21.2. The average Bonchev–Trinajstić information content (AvgIpc) is 3.01. The Morgan fingerprint density at radius 1 is 1.00 bits per heavy atom. The lowest BCUT2D eigenvalue weighted by Crippen LogP contribution is -2.16. The third-order valence-corrected chi connectivity index (χ3v) is 4.87. The maximum atomic E-state index is 12.6. The molecule has 0 bridgehead atoms. The summed E-state index contributed by atoms with van der Waals surface area (Å²) in [6.45, 7) is 3.97. The summed E-state index contributed by atoms with van der Waals surface area (Å²) < 4.78 is 2.00. The molecule has 3 aromatic heterocycles. The van der Waals surface area contributed by atoms with Gasteiger partial charge in [0.25, 0.3) is 0 Å². The van der Waals surface area contributed by atoms with Crippen LogP contribution in [0.4, 0.5) is 5.69 Å². The molecule has 1 N–H and O–H groups in total. The standard InChI is InChI=1S/C23H22N4O/c1-16-4-3-13-27-21(17(2)25-23(16)27)15-22(28)26-20-7-5-18(6-8-20)14-19-9-11-24-12-10-19/h3-13H,14-15H2,1-2H3,(H,26,28). The minimum absolute atomic E-state index is 0.0479. The fourth-order valence-electron chi connectivity index (χ4n) is 3.38. The monoisotopic (exact) mass is 370 g/mol. The molecular weight excluding hydrogens is 348 g/mol. The number of fused-ring (bicyclic) bond motifs is 1. The number of pyridine rings is 2. The van der Waals surface area contributed by atoms with Crippen molar-refractivity contribution >= 4 is 17.2 Å². The van der Waals surface area contributed by atoms with E-state index in [4.69, 9.17) is 0 Å². The van der Waals surface area contributed by atoms with E-state index in [1.807, 2.05) is 73.0 Å². The predicted molar refractivity (Wildman–Crippen MR) is 110 cm³/mol. The van der Waals surface area contributed by atoms with Crippen molar-refractivity contribution in [2.24, 2.45) is 0 Å². The molecule has 0 atom stereocenters. The van der Waals surface area contributed by atoms with E-state index in [0.29, 0.717) is 0 Å². The summed E-state index contributed by atoms with van der Waals surface area (Å²) in [5.41, 5.74) is 7.02. The van der Waals surface area contributed by atoms with Crippen molar-refractivity contribution in [3.8, 4) is 0 Å². The van der Waals surface area contributed by atoms with Crippen LogP contribution in [0.5, 0.6) is 0 Å². The molecular formula is C23H22N4O. The molecule has 0 fully saturated rings. The van der Waals surface area contributed by atoms with Crippen LogP contribution in [0.1, 0.15) is 28.1 Å². The number of aromatic nitrogens is 3. The smallest absolute Gasteiger partial charge is 0.230 e. The Hall–Kier alpha value is -3.47. The summed E-state index contributed by atoms with van der Waals surface area (Å²) in [7, 11) is 0. The second kappa shape index (κ2) is 7.64. The van der Waals surface area contributed by atoms with E-state index in [1.54, 1.807) is 12.4 Å². The highest BCUT2D eigenvalue weighted by atomic mass is 16.1. The van der Waals surface area contributed by atoms with Crippen molar-refractivity contribution in [3.05, 3.63) is 95.2 Å². The highest BCUT2D eigenvalue weighted by Crippen LogP contribution is 2.17. The molecule has 28 heavy (non-hydrogen) atoms. The second-order valence-corrected chi connectivity index (χ2v) is 6.98. The zero-order valence-corrected chi connectivity index (χ0v) is 16.0. The van der Waals surface area contributed by atoms with Crippen molar-refractivity contribution in [1.82, 2.24) is 14.4 Å². The molecule has 4 aromatic rings. The molecule has 140 valence electrons. The Bertz CT molecular complexity index is 1110. The predicted octanol–water partition coefficient (Wildman–Crippen LogP) is 4.12. The van der Waals surface area contributed by atoms with E-state index in [0.717, 1.165) is 34.7 Å². The van der Waals surface area contributed by atoms with Crippen molar-refractivity contribution in [3.63, 3.8) is 0 Å². The normalized spacial score (nSPS) is 10.9. The van der Waals surface area contributed by atoms with Gasteiger partial charge in [-0.1, -0.05) is 18.2 Å². The molecule has 0 unspecified atom stereocenters. The van der Waals surface area contributed by atoms with Crippen LogP contribution in [0.2, 0.25) is 0 Å². The number of nitrogens with one attached hydrogen (secondary N) is 1. The molecule has 0 radical (unpaired) electrons. The van der Waals surface area contributed by atoms with Gasteiger partial charge in [0.15, 0.2) is 0 Å². The molecule has 3 heterocycles. The van der Waals surface area contributed by atoms with E-state index < -0.39 is 0 Å². The summed E-state index contributed by atoms with van der Waals surface area (Å²) in [5, 5.41) is 2.99. The first-order valence-electron chi connectivity index (χ1n) is 9.31. The number of hydrogen-bond donors (Lipinski definition) is 1. The molecule has 0 aliphatic heterocycles. The Balaban J connectivity index is 1.44. The number of aryl methyl sites for hydroxylation is 2. The molecule has 4 rings (SSSR count). The zero-order chi connectivity index (χ0) is 19.5. The molecule has 0 aliphatic carbocycles. The number of imidazole rings is 1. The zero-order valence-electron chi connectivity index (χ0n) is 16.0. The molecule has 1 amide bonds. The Labute approximate surface area is 164 Å². The summed E-state index contributed by atoms with van der Waals surface area (Å²) in [6, 6.07) is 16.0. The van der Waals surface area contributed by atoms with E-state index in [1.165, 1.54) is 11.1 Å². The van der Waals surface area contributed by atoms with E-state index >= 15 is 0 Å². The van der Waals surface area contributed by atoms with Gasteiger partial charge in [-0.05, 0) is 67.3 Å². The van der Waals surface area contributed by atoms with Crippen LogP contribution in [-0.4, -0.2) is 20.3 Å². The van der Waals surface area contributed by atoms with Gasteiger partial charge in [0.05, 0.1) is 17.8 Å². The van der Waals surface area contributed by atoms with Crippen molar-refractivity contribution < 1.29 is 4.79 Å². The van der Waals surface area contributed by atoms with Gasteiger partial charge >= 0.3 is 0 Å². The summed E-state index contributed by atoms with van der Waals surface area (Å²) in [5.74, 6) is -0.0479. The maximum Gasteiger partial charge on any atom is 0.230 e. The molecule has 0 spiro atoms. The Morgan fingerprint density at radius 3 is 2.46 bits per heavy atom. The van der Waals surface area contributed by atoms with Crippen LogP contribution in [0.15, 0.2) is 67.1 Å². The fourth-order valence-corrected chi connectivity index (χ4v) is 3.38. The van der Waals surface area contributed by atoms with Crippen molar-refractivity contribution in [2.45, 2.75) is 26.7 Å². The summed E-state index contributed by atoms with van der Waals surface area (Å²) in [6.07, 6.45) is 6.69. The van der Waals surface area contributed by atoms with Gasteiger partial charge in [-0.2, -0.15) is 0 Å². The number of anilines is 1. The third-order valence-electron chi connectivity index (χ3n) is 4.87. The number of nitrogens with zero attached hydrogens (tertiary/aromatic N) is 3. The SMILES string of the molecule is Cc1nc2c(C)cccn2c1CC(=O)Nc1ccc(Cc2ccncc2)cc1. The number of benzene rings is 1. The number of rotatable bonds is 5. The number of hydrogen-bond acceptors (Lipinski definition) is 3. The number of amides is 1. The highest BCUT2D eigenvalue weighted by molar-refractivity contribution is 5.92. The highest BCUT2D eigenvalue weighted by Gasteiger charge is 2.14. The van der Waals surface area contributed by atoms with Crippen molar-refractivity contribution in [2.75, 3.05) is 5.32 Å². The molecule has 5 nitrogen and oxygen atoms in total. The first-order valence-corrected chi connectivity index (χ1v) is 9.31. The molecule has 0 saturated heterocycles. The van der Waals surface area contributed by atoms with Gasteiger partial charge in [-0.3, -0.25) is 9.78 Å². The van der Waals surface area contributed by atoms with Gasteiger partial charge in [0, 0.05) is 24.3 Å². The van der Waals surface area contributed by atoms with Crippen molar-refractivity contribution in [1.29, 1.82) is 0 Å². The van der Waals surface area contributed by atoms with Crippen LogP contribution >= 0.6 is 0 Å². The van der Waals surface area contributed by atoms with Crippen LogP contribution in [0.25, 0.3) is 5.65 Å². The average molecular weight is 370 g/mol. The van der Waals surface area contributed by atoms with Gasteiger partial charge in [0.1, 0.15) is 5.65 Å². The lowest BCUT2D eigenvalue weighted by molar-refractivity contribution is -0.115. The van der Waals surface area contributed by atoms with Gasteiger partial charge in [-0.15, -0.1) is 0 Å². The third kappa shape index (κ3) is 3.78. The van der Waals surface area contributed by atoms with Gasteiger partial charge in [-0.25, -0.2) is 4.98 Å². The van der Waals surface area contributed by atoms with E-state index in [2.05, 4.69) is 15.3 Å². The fraction of sp³-hybridized carbons (Fsp3) is 0.174. The number of carbonyl (C=O) groups excluding carboxylic acids is 1. The van der Waals surface area contributed by atoms with E-state index in [-0.39, 0.29) is 12.3 Å². The van der Waals surface area contributed by atoms with Crippen LogP contribution in [0, 0.1) is 13.8 Å². The largest absolute Gasteiger partial charge is 0.326 e. The first-order chi connectivity index (χ1) is 13.6.